The minimum absolute atomic E-state index is 0.174. The second kappa shape index (κ2) is 6.96. The van der Waals surface area contributed by atoms with E-state index in [1.54, 1.807) is 12.1 Å². The summed E-state index contributed by atoms with van der Waals surface area (Å²) in [6.07, 6.45) is 2.93. The van der Waals surface area contributed by atoms with Crippen molar-refractivity contribution in [3.05, 3.63) is 78.1 Å². The Morgan fingerprint density at radius 1 is 1.04 bits per heavy atom. The highest BCUT2D eigenvalue weighted by Crippen LogP contribution is 2.20. The topological polar surface area (TPSA) is 38.3 Å². The summed E-state index contributed by atoms with van der Waals surface area (Å²) >= 11 is 0. The van der Waals surface area contributed by atoms with E-state index in [9.17, 15) is 9.18 Å². The molecule has 1 amide bonds. The number of ether oxygens (including phenoxy) is 1. The van der Waals surface area contributed by atoms with Gasteiger partial charge in [0, 0.05) is 11.8 Å². The number of rotatable bonds is 4. The summed E-state index contributed by atoms with van der Waals surface area (Å²) in [5.41, 5.74) is 1.30. The maximum atomic E-state index is 13.6. The molecule has 0 radical (unpaired) electrons. The summed E-state index contributed by atoms with van der Waals surface area (Å²) in [6.45, 7) is 0. The number of nitrogens with one attached hydrogen (secondary N) is 1. The van der Waals surface area contributed by atoms with Gasteiger partial charge in [-0.3, -0.25) is 4.79 Å². The van der Waals surface area contributed by atoms with Crippen molar-refractivity contribution in [2.45, 2.75) is 0 Å². The molecule has 3 aromatic carbocycles. The Morgan fingerprint density at radius 2 is 1.83 bits per heavy atom. The van der Waals surface area contributed by atoms with E-state index in [4.69, 9.17) is 4.74 Å². The van der Waals surface area contributed by atoms with Crippen LogP contribution in [0.3, 0.4) is 0 Å². The number of carbonyl (C=O) groups excluding carboxylic acids is 1. The molecule has 0 saturated carbocycles. The van der Waals surface area contributed by atoms with Crippen molar-refractivity contribution in [2.75, 3.05) is 12.4 Å². The molecule has 0 aliphatic rings. The number of anilines is 1. The van der Waals surface area contributed by atoms with Crippen LogP contribution in [0.15, 0.2) is 66.7 Å². The van der Waals surface area contributed by atoms with Crippen LogP contribution in [0, 0.1) is 5.82 Å². The number of carbonyl (C=O) groups is 1. The second-order valence-corrected chi connectivity index (χ2v) is 5.28. The van der Waals surface area contributed by atoms with Gasteiger partial charge in [-0.25, -0.2) is 4.39 Å². The molecule has 0 aliphatic heterocycles. The normalized spacial score (nSPS) is 10.9. The summed E-state index contributed by atoms with van der Waals surface area (Å²) in [4.78, 5) is 12.0. The Morgan fingerprint density at radius 3 is 2.58 bits per heavy atom. The van der Waals surface area contributed by atoms with Crippen molar-refractivity contribution in [2.24, 2.45) is 0 Å². The highest BCUT2D eigenvalue weighted by molar-refractivity contribution is 6.03. The number of fused-ring (bicyclic) bond motifs is 1. The van der Waals surface area contributed by atoms with Crippen LogP contribution >= 0.6 is 0 Å². The minimum Gasteiger partial charge on any atom is -0.494 e. The summed E-state index contributed by atoms with van der Waals surface area (Å²) in [6, 6.07) is 18.2. The van der Waals surface area contributed by atoms with Crippen LogP contribution in [0.25, 0.3) is 16.8 Å². The first-order chi connectivity index (χ1) is 11.7. The van der Waals surface area contributed by atoms with Crippen LogP contribution in [0.1, 0.15) is 5.56 Å². The fourth-order valence-electron chi connectivity index (χ4n) is 2.41. The van der Waals surface area contributed by atoms with E-state index in [0.29, 0.717) is 11.3 Å². The number of hydrogen-bond acceptors (Lipinski definition) is 2. The molecular weight excluding hydrogens is 305 g/mol. The quantitative estimate of drug-likeness (QED) is 0.711. The molecule has 0 aliphatic carbocycles. The molecule has 0 atom stereocenters. The number of halogens is 1. The third kappa shape index (κ3) is 3.60. The van der Waals surface area contributed by atoms with Gasteiger partial charge in [0.2, 0.25) is 5.91 Å². The van der Waals surface area contributed by atoms with Crippen molar-refractivity contribution in [3.63, 3.8) is 0 Å². The maximum absolute atomic E-state index is 13.6. The van der Waals surface area contributed by atoms with E-state index in [-0.39, 0.29) is 11.7 Å². The molecule has 3 nitrogen and oxygen atoms in total. The molecule has 3 rings (SSSR count). The summed E-state index contributed by atoms with van der Waals surface area (Å²) < 4.78 is 18.5. The van der Waals surface area contributed by atoms with Crippen LogP contribution in [0.5, 0.6) is 5.75 Å². The van der Waals surface area contributed by atoms with Gasteiger partial charge in [-0.1, -0.05) is 36.4 Å². The van der Waals surface area contributed by atoms with Gasteiger partial charge in [-0.2, -0.15) is 0 Å². The highest BCUT2D eigenvalue weighted by atomic mass is 19.1. The maximum Gasteiger partial charge on any atom is 0.248 e. The van der Waals surface area contributed by atoms with Gasteiger partial charge in [0.15, 0.2) is 11.6 Å². The second-order valence-electron chi connectivity index (χ2n) is 5.28. The number of amides is 1. The third-order valence-electron chi connectivity index (χ3n) is 3.62. The minimum atomic E-state index is -0.463. The van der Waals surface area contributed by atoms with Crippen molar-refractivity contribution in [1.29, 1.82) is 0 Å². The molecule has 24 heavy (non-hydrogen) atoms. The van der Waals surface area contributed by atoms with E-state index in [2.05, 4.69) is 5.32 Å². The molecule has 0 heterocycles. The largest absolute Gasteiger partial charge is 0.494 e. The van der Waals surface area contributed by atoms with Crippen LogP contribution in [0.4, 0.5) is 10.1 Å². The van der Waals surface area contributed by atoms with Crippen LogP contribution < -0.4 is 10.1 Å². The van der Waals surface area contributed by atoms with E-state index < -0.39 is 5.82 Å². The van der Waals surface area contributed by atoms with Gasteiger partial charge in [0.1, 0.15) is 0 Å². The molecule has 1 N–H and O–H groups in total. The summed E-state index contributed by atoms with van der Waals surface area (Å²) in [5.74, 6) is -0.566. The fourth-order valence-corrected chi connectivity index (χ4v) is 2.41. The van der Waals surface area contributed by atoms with Gasteiger partial charge in [0.25, 0.3) is 0 Å². The smallest absolute Gasteiger partial charge is 0.248 e. The Kier molecular flexibility index (Phi) is 4.57. The SMILES string of the molecule is COc1ccc(C=CC(=O)Nc2ccc3ccccc3c2)cc1F. The highest BCUT2D eigenvalue weighted by Gasteiger charge is 2.03. The zero-order chi connectivity index (χ0) is 16.9. The van der Waals surface area contributed by atoms with Gasteiger partial charge >= 0.3 is 0 Å². The van der Waals surface area contributed by atoms with E-state index in [1.807, 2.05) is 42.5 Å². The number of benzene rings is 3. The Hall–Kier alpha value is -3.14. The Bertz CT molecular complexity index is 918. The van der Waals surface area contributed by atoms with Crippen molar-refractivity contribution in [1.82, 2.24) is 0 Å². The Balaban J connectivity index is 1.71. The number of methoxy groups -OCH3 is 1. The molecular formula is C20H16FNO2. The standard InChI is InChI=1S/C20H16FNO2/c1-24-19-10-6-14(12-18(19)21)7-11-20(23)22-17-9-8-15-4-2-3-5-16(15)13-17/h2-13H,1H3,(H,22,23). The van der Waals surface area contributed by atoms with E-state index >= 15 is 0 Å². The molecule has 0 bridgehead atoms. The van der Waals surface area contributed by atoms with Gasteiger partial charge in [-0.05, 0) is 46.7 Å². The Labute approximate surface area is 139 Å². The molecule has 0 aromatic heterocycles. The lowest BCUT2D eigenvalue weighted by Gasteiger charge is -2.04. The fraction of sp³-hybridized carbons (Fsp3) is 0.0500. The molecule has 0 fully saturated rings. The summed E-state index contributed by atoms with van der Waals surface area (Å²) in [5, 5.41) is 4.96. The first kappa shape index (κ1) is 15.7. The molecule has 120 valence electrons. The lowest BCUT2D eigenvalue weighted by atomic mass is 10.1. The molecule has 0 saturated heterocycles. The zero-order valence-corrected chi connectivity index (χ0v) is 13.1. The average Bonchev–Trinajstić information content (AvgIpc) is 2.60. The molecule has 4 heteroatoms. The molecule has 0 spiro atoms. The average molecular weight is 321 g/mol. The molecule has 3 aromatic rings. The molecule has 0 unspecified atom stereocenters. The predicted molar refractivity (Wildman–Crippen MR) is 94.6 cm³/mol. The predicted octanol–water partition coefficient (Wildman–Crippen LogP) is 4.64. The van der Waals surface area contributed by atoms with Crippen LogP contribution in [-0.4, -0.2) is 13.0 Å². The third-order valence-corrected chi connectivity index (χ3v) is 3.62. The van der Waals surface area contributed by atoms with Gasteiger partial charge in [-0.15, -0.1) is 0 Å². The van der Waals surface area contributed by atoms with E-state index in [1.165, 1.54) is 25.3 Å². The van der Waals surface area contributed by atoms with Crippen molar-refractivity contribution >= 4 is 28.4 Å². The monoisotopic (exact) mass is 321 g/mol. The van der Waals surface area contributed by atoms with Gasteiger partial charge < -0.3 is 10.1 Å². The van der Waals surface area contributed by atoms with Crippen molar-refractivity contribution in [3.8, 4) is 5.75 Å². The van der Waals surface area contributed by atoms with Crippen molar-refractivity contribution < 1.29 is 13.9 Å². The first-order valence-electron chi connectivity index (χ1n) is 7.47. The summed E-state index contributed by atoms with van der Waals surface area (Å²) in [7, 11) is 1.41. The zero-order valence-electron chi connectivity index (χ0n) is 13.1. The lowest BCUT2D eigenvalue weighted by molar-refractivity contribution is -0.111. The lowest BCUT2D eigenvalue weighted by Crippen LogP contribution is -2.07. The van der Waals surface area contributed by atoms with E-state index in [0.717, 1.165) is 10.8 Å². The first-order valence-corrected chi connectivity index (χ1v) is 7.47. The van der Waals surface area contributed by atoms with Crippen LogP contribution in [0.2, 0.25) is 0 Å². The van der Waals surface area contributed by atoms with Gasteiger partial charge in [0.05, 0.1) is 7.11 Å². The number of hydrogen-bond donors (Lipinski definition) is 1. The van der Waals surface area contributed by atoms with Crippen LogP contribution in [-0.2, 0) is 4.79 Å².